The fraction of sp³-hybridized carbons (Fsp3) is 0.0444. The highest BCUT2D eigenvalue weighted by Crippen LogP contribution is 2.39. The van der Waals surface area contributed by atoms with Crippen LogP contribution >= 0.6 is 0 Å². The predicted octanol–water partition coefficient (Wildman–Crippen LogP) is 11.8. The number of hydrogen-bond acceptors (Lipinski definition) is 1. The molecule has 1 aliphatic carbocycles. The molecule has 0 amide bonds. The largest absolute Gasteiger partial charge is 0.309 e. The Bertz CT molecular complexity index is 2390. The maximum Gasteiger partial charge on any atom is 0.0683 e. The molecule has 0 aliphatic heterocycles. The van der Waals surface area contributed by atoms with Gasteiger partial charge >= 0.3 is 0 Å². The average Bonchev–Trinajstić information content (AvgIpc) is 3.46. The van der Waals surface area contributed by atoms with Crippen molar-refractivity contribution in [3.05, 3.63) is 180 Å². The van der Waals surface area contributed by atoms with Crippen molar-refractivity contribution in [1.29, 1.82) is 0 Å². The van der Waals surface area contributed by atoms with Crippen LogP contribution in [0.2, 0.25) is 0 Å². The zero-order chi connectivity index (χ0) is 31.3. The Hall–Kier alpha value is -5.99. The first kappa shape index (κ1) is 27.3. The number of nitrogens with zero attached hydrogens (tertiary/aromatic N) is 2. The van der Waals surface area contributed by atoms with Crippen LogP contribution in [0.25, 0.3) is 60.9 Å². The van der Waals surface area contributed by atoms with Gasteiger partial charge in [-0.1, -0.05) is 127 Å². The molecule has 1 aliphatic rings. The molecule has 1 aromatic heterocycles. The fourth-order valence-electron chi connectivity index (χ4n) is 7.21. The van der Waals surface area contributed by atoms with Crippen LogP contribution in [0.4, 0.5) is 5.69 Å². The van der Waals surface area contributed by atoms with E-state index in [-0.39, 0.29) is 0 Å². The van der Waals surface area contributed by atoms with Crippen molar-refractivity contribution in [3.63, 3.8) is 0 Å². The zero-order valence-electron chi connectivity index (χ0n) is 26.2. The van der Waals surface area contributed by atoms with Gasteiger partial charge in [0.15, 0.2) is 0 Å². The summed E-state index contributed by atoms with van der Waals surface area (Å²) in [5, 5.41) is 2.48. The first-order valence-corrected chi connectivity index (χ1v) is 16.3. The summed E-state index contributed by atoms with van der Waals surface area (Å²) in [5.74, 6) is 0. The monoisotopic (exact) mass is 600 g/mol. The summed E-state index contributed by atoms with van der Waals surface area (Å²) in [5.41, 5.74) is 16.7. The van der Waals surface area contributed by atoms with Crippen molar-refractivity contribution in [2.45, 2.75) is 13.3 Å². The van der Waals surface area contributed by atoms with E-state index < -0.39 is 0 Å². The van der Waals surface area contributed by atoms with Gasteiger partial charge in [-0.15, -0.1) is 0 Å². The van der Waals surface area contributed by atoms with E-state index >= 15 is 0 Å². The minimum atomic E-state index is 0.816. The number of aryl methyl sites for hydroxylation is 1. The third-order valence-electron chi connectivity index (χ3n) is 9.59. The van der Waals surface area contributed by atoms with E-state index in [4.69, 9.17) is 4.99 Å². The topological polar surface area (TPSA) is 17.3 Å². The van der Waals surface area contributed by atoms with Crippen LogP contribution in [0.3, 0.4) is 0 Å². The van der Waals surface area contributed by atoms with Gasteiger partial charge in [-0.3, -0.25) is 4.99 Å². The maximum absolute atomic E-state index is 5.40. The molecule has 8 aromatic rings. The van der Waals surface area contributed by atoms with Gasteiger partial charge in [0.25, 0.3) is 0 Å². The van der Waals surface area contributed by atoms with Gasteiger partial charge in [-0.25, -0.2) is 0 Å². The predicted molar refractivity (Wildman–Crippen MR) is 198 cm³/mol. The van der Waals surface area contributed by atoms with Gasteiger partial charge in [-0.05, 0) is 87.8 Å². The van der Waals surface area contributed by atoms with Crippen LogP contribution in [0.1, 0.15) is 16.7 Å². The Kier molecular flexibility index (Phi) is 6.46. The van der Waals surface area contributed by atoms with Crippen molar-refractivity contribution in [3.8, 4) is 39.1 Å². The highest BCUT2D eigenvalue weighted by molar-refractivity contribution is 6.13. The molecule has 0 bridgehead atoms. The van der Waals surface area contributed by atoms with Crippen molar-refractivity contribution in [2.75, 3.05) is 0 Å². The number of hydrogen-bond donors (Lipinski definition) is 0. The van der Waals surface area contributed by atoms with E-state index in [2.05, 4.69) is 175 Å². The minimum Gasteiger partial charge on any atom is -0.309 e. The number of rotatable bonds is 4. The van der Waals surface area contributed by atoms with Crippen LogP contribution in [0, 0.1) is 6.92 Å². The first-order valence-electron chi connectivity index (χ1n) is 16.3. The SMILES string of the molecule is Cc1ccc(-n2c3ccc(-c4ccccc4)cc3c3cc(-c4ccccc4)ccc32)cc1/N=C1\Cc2ccccc2-c2ccccc21. The van der Waals surface area contributed by atoms with Crippen LogP contribution in [0.5, 0.6) is 0 Å². The van der Waals surface area contributed by atoms with E-state index in [0.29, 0.717) is 0 Å². The number of aromatic nitrogens is 1. The van der Waals surface area contributed by atoms with Gasteiger partial charge in [0.1, 0.15) is 0 Å². The summed E-state index contributed by atoms with van der Waals surface area (Å²) in [4.78, 5) is 5.40. The second kappa shape index (κ2) is 11.1. The Labute approximate surface area is 274 Å². The second-order valence-corrected chi connectivity index (χ2v) is 12.4. The van der Waals surface area contributed by atoms with Gasteiger partial charge in [0.2, 0.25) is 0 Å². The Balaban J connectivity index is 1.24. The summed E-state index contributed by atoms with van der Waals surface area (Å²) >= 11 is 0. The molecular formula is C45H32N2. The smallest absolute Gasteiger partial charge is 0.0683 e. The summed E-state index contributed by atoms with van der Waals surface area (Å²) in [7, 11) is 0. The van der Waals surface area contributed by atoms with Gasteiger partial charge in [0, 0.05) is 28.4 Å². The lowest BCUT2D eigenvalue weighted by Gasteiger charge is -2.22. The highest BCUT2D eigenvalue weighted by Gasteiger charge is 2.21. The number of fused-ring (bicyclic) bond motifs is 6. The van der Waals surface area contributed by atoms with Gasteiger partial charge in [0.05, 0.1) is 22.4 Å². The summed E-state index contributed by atoms with van der Waals surface area (Å²) in [6.07, 6.45) is 0.816. The lowest BCUT2D eigenvalue weighted by molar-refractivity contribution is 1.17. The van der Waals surface area contributed by atoms with E-state index in [0.717, 1.165) is 29.1 Å². The molecule has 1 heterocycles. The van der Waals surface area contributed by atoms with Crippen molar-refractivity contribution >= 4 is 33.2 Å². The fourth-order valence-corrected chi connectivity index (χ4v) is 7.21. The molecule has 0 saturated carbocycles. The van der Waals surface area contributed by atoms with Crippen molar-refractivity contribution in [1.82, 2.24) is 4.57 Å². The van der Waals surface area contributed by atoms with Gasteiger partial charge < -0.3 is 4.57 Å². The van der Waals surface area contributed by atoms with E-state index in [1.807, 2.05) is 0 Å². The minimum absolute atomic E-state index is 0.816. The Morgan fingerprint density at radius 3 is 1.66 bits per heavy atom. The Morgan fingerprint density at radius 2 is 1.02 bits per heavy atom. The van der Waals surface area contributed by atoms with Crippen LogP contribution < -0.4 is 0 Å². The van der Waals surface area contributed by atoms with E-state index in [9.17, 15) is 0 Å². The molecule has 0 saturated heterocycles. The molecule has 9 rings (SSSR count). The summed E-state index contributed by atoms with van der Waals surface area (Å²) < 4.78 is 2.40. The molecule has 0 fully saturated rings. The summed E-state index contributed by atoms with van der Waals surface area (Å²) in [6.45, 7) is 2.16. The molecule has 7 aromatic carbocycles. The molecular weight excluding hydrogens is 569 g/mol. The van der Waals surface area contributed by atoms with Crippen LogP contribution in [-0.2, 0) is 6.42 Å². The zero-order valence-corrected chi connectivity index (χ0v) is 26.2. The lowest BCUT2D eigenvalue weighted by atomic mass is 9.84. The van der Waals surface area contributed by atoms with E-state index in [1.165, 1.54) is 66.3 Å². The molecule has 0 N–H and O–H groups in total. The van der Waals surface area contributed by atoms with Crippen molar-refractivity contribution < 1.29 is 0 Å². The molecule has 0 atom stereocenters. The molecule has 2 nitrogen and oxygen atoms in total. The van der Waals surface area contributed by atoms with Crippen molar-refractivity contribution in [2.24, 2.45) is 4.99 Å². The van der Waals surface area contributed by atoms with Gasteiger partial charge in [-0.2, -0.15) is 0 Å². The lowest BCUT2D eigenvalue weighted by Crippen LogP contribution is -2.13. The number of aliphatic imine (C=N–C) groups is 1. The Morgan fingerprint density at radius 1 is 0.468 bits per heavy atom. The second-order valence-electron chi connectivity index (χ2n) is 12.4. The normalized spacial score (nSPS) is 13.2. The molecule has 0 radical (unpaired) electrons. The molecule has 0 unspecified atom stereocenters. The quantitative estimate of drug-likeness (QED) is 0.191. The third-order valence-corrected chi connectivity index (χ3v) is 9.59. The third kappa shape index (κ3) is 4.69. The first-order chi connectivity index (χ1) is 23.2. The standard InChI is InChI=1S/C45H32N2/c1-30-20-23-36(29-42(30)46-43-28-35-16-8-9-17-37(35)38-18-10-11-19-39(38)43)47-44-24-21-33(31-12-4-2-5-13-31)26-40(44)41-27-34(22-25-45(41)47)32-14-6-3-7-15-32/h2-27,29H,28H2,1H3/b46-43+. The molecule has 0 spiro atoms. The highest BCUT2D eigenvalue weighted by atomic mass is 15.0. The molecule has 2 heteroatoms. The number of benzene rings is 7. The van der Waals surface area contributed by atoms with Crippen LogP contribution in [0.15, 0.2) is 169 Å². The molecule has 47 heavy (non-hydrogen) atoms. The van der Waals surface area contributed by atoms with E-state index in [1.54, 1.807) is 0 Å². The molecule has 222 valence electrons. The maximum atomic E-state index is 5.40. The average molecular weight is 601 g/mol. The van der Waals surface area contributed by atoms with Crippen LogP contribution in [-0.4, -0.2) is 10.3 Å². The summed E-state index contributed by atoms with van der Waals surface area (Å²) in [6, 6.07) is 59.2.